The van der Waals surface area contributed by atoms with E-state index in [0.29, 0.717) is 11.8 Å². The lowest BCUT2D eigenvalue weighted by Gasteiger charge is -2.11. The van der Waals surface area contributed by atoms with E-state index in [4.69, 9.17) is 16.3 Å². The van der Waals surface area contributed by atoms with Crippen LogP contribution in [0.2, 0.25) is 5.15 Å². The first-order valence-corrected chi connectivity index (χ1v) is 8.07. The fourth-order valence-corrected chi connectivity index (χ4v) is 2.35. The third kappa shape index (κ3) is 5.81. The van der Waals surface area contributed by atoms with E-state index in [1.807, 2.05) is 13.8 Å². The van der Waals surface area contributed by atoms with Crippen molar-refractivity contribution in [2.45, 2.75) is 52.6 Å². The second-order valence-corrected chi connectivity index (χ2v) is 5.75. The summed E-state index contributed by atoms with van der Waals surface area (Å²) in [5, 5.41) is 7.89. The highest BCUT2D eigenvalue weighted by Gasteiger charge is 2.11. The summed E-state index contributed by atoms with van der Waals surface area (Å²) in [5.41, 5.74) is 1.63. The molecule has 5 nitrogen and oxygen atoms in total. The fourth-order valence-electron chi connectivity index (χ4n) is 2.03. The van der Waals surface area contributed by atoms with Gasteiger partial charge in [-0.2, -0.15) is 5.10 Å². The van der Waals surface area contributed by atoms with E-state index in [9.17, 15) is 4.79 Å². The summed E-state index contributed by atoms with van der Waals surface area (Å²) in [6.07, 6.45) is 6.13. The van der Waals surface area contributed by atoms with E-state index in [-0.39, 0.29) is 11.9 Å². The van der Waals surface area contributed by atoms with Crippen molar-refractivity contribution in [3.63, 3.8) is 0 Å². The van der Waals surface area contributed by atoms with E-state index in [0.717, 1.165) is 37.1 Å². The molecule has 0 spiro atoms. The topological polar surface area (TPSA) is 56.2 Å². The predicted octanol–water partition coefficient (Wildman–Crippen LogP) is 3.20. The standard InChI is InChI=1S/C16H26ClN3O2/c1-5-6-10-20-16(17)14(13(3)19-20)7-8-15(21)18-12(2)9-11-22-4/h7-8,12H,5-6,9-11H2,1-4H3,(H,18,21)/b8-7+. The van der Waals surface area contributed by atoms with Gasteiger partial charge in [-0.05, 0) is 32.8 Å². The highest BCUT2D eigenvalue weighted by atomic mass is 35.5. The summed E-state index contributed by atoms with van der Waals surface area (Å²) in [5.74, 6) is -0.139. The van der Waals surface area contributed by atoms with Crippen molar-refractivity contribution >= 4 is 23.6 Å². The largest absolute Gasteiger partial charge is 0.385 e. The number of aryl methyl sites for hydroxylation is 2. The van der Waals surface area contributed by atoms with Crippen LogP contribution in [0.25, 0.3) is 6.08 Å². The van der Waals surface area contributed by atoms with Crippen molar-refractivity contribution in [2.75, 3.05) is 13.7 Å². The third-order valence-corrected chi connectivity index (χ3v) is 3.78. The van der Waals surface area contributed by atoms with Crippen molar-refractivity contribution < 1.29 is 9.53 Å². The number of methoxy groups -OCH3 is 1. The Hall–Kier alpha value is -1.33. The zero-order valence-electron chi connectivity index (χ0n) is 13.9. The highest BCUT2D eigenvalue weighted by molar-refractivity contribution is 6.31. The van der Waals surface area contributed by atoms with Crippen LogP contribution in [-0.4, -0.2) is 35.4 Å². The zero-order valence-corrected chi connectivity index (χ0v) is 14.6. The molecule has 1 rings (SSSR count). The lowest BCUT2D eigenvalue weighted by molar-refractivity contribution is -0.117. The Morgan fingerprint density at radius 2 is 2.27 bits per heavy atom. The number of aromatic nitrogens is 2. The number of carbonyl (C=O) groups is 1. The number of halogens is 1. The molecule has 0 saturated heterocycles. The first-order chi connectivity index (χ1) is 10.5. The van der Waals surface area contributed by atoms with Crippen LogP contribution in [0, 0.1) is 6.92 Å². The van der Waals surface area contributed by atoms with Crippen LogP contribution in [0.4, 0.5) is 0 Å². The van der Waals surface area contributed by atoms with Crippen molar-refractivity contribution in [2.24, 2.45) is 0 Å². The minimum absolute atomic E-state index is 0.0703. The lowest BCUT2D eigenvalue weighted by Crippen LogP contribution is -2.31. The maximum absolute atomic E-state index is 11.9. The predicted molar refractivity (Wildman–Crippen MR) is 90.0 cm³/mol. The molecule has 0 fully saturated rings. The van der Waals surface area contributed by atoms with Crippen molar-refractivity contribution in [1.82, 2.24) is 15.1 Å². The van der Waals surface area contributed by atoms with Crippen molar-refractivity contribution in [3.8, 4) is 0 Å². The number of nitrogens with one attached hydrogen (secondary N) is 1. The zero-order chi connectivity index (χ0) is 16.5. The Kier molecular flexibility index (Phi) is 8.20. The Labute approximate surface area is 137 Å². The number of amides is 1. The average Bonchev–Trinajstić information content (AvgIpc) is 2.75. The minimum atomic E-state index is -0.139. The number of hydrogen-bond acceptors (Lipinski definition) is 3. The molecular formula is C16H26ClN3O2. The Balaban J connectivity index is 2.65. The summed E-state index contributed by atoms with van der Waals surface area (Å²) < 4.78 is 6.78. The minimum Gasteiger partial charge on any atom is -0.385 e. The van der Waals surface area contributed by atoms with Crippen LogP contribution in [-0.2, 0) is 16.1 Å². The van der Waals surface area contributed by atoms with Gasteiger partial charge in [0, 0.05) is 37.9 Å². The van der Waals surface area contributed by atoms with Gasteiger partial charge in [0.1, 0.15) is 5.15 Å². The summed E-state index contributed by atoms with van der Waals surface area (Å²) in [6.45, 7) is 7.39. The average molecular weight is 328 g/mol. The van der Waals surface area contributed by atoms with Crippen molar-refractivity contribution in [3.05, 3.63) is 22.5 Å². The summed E-state index contributed by atoms with van der Waals surface area (Å²) in [6, 6.07) is 0.0703. The van der Waals surface area contributed by atoms with Gasteiger partial charge in [-0.15, -0.1) is 0 Å². The van der Waals surface area contributed by atoms with Gasteiger partial charge in [0.15, 0.2) is 0 Å². The monoisotopic (exact) mass is 327 g/mol. The molecule has 1 atom stereocenters. The Bertz CT molecular complexity index is 512. The molecule has 6 heteroatoms. The highest BCUT2D eigenvalue weighted by Crippen LogP contribution is 2.21. The number of rotatable bonds is 9. The van der Waals surface area contributed by atoms with Gasteiger partial charge in [-0.1, -0.05) is 24.9 Å². The SMILES string of the molecule is CCCCn1nc(C)c(/C=C/C(=O)NC(C)CCOC)c1Cl. The van der Waals surface area contributed by atoms with Gasteiger partial charge in [0.2, 0.25) is 5.91 Å². The van der Waals surface area contributed by atoms with Gasteiger partial charge in [-0.3, -0.25) is 9.48 Å². The second kappa shape index (κ2) is 9.64. The first kappa shape index (κ1) is 18.7. The number of unbranched alkanes of at least 4 members (excludes halogenated alkanes) is 1. The quantitative estimate of drug-likeness (QED) is 0.709. The molecule has 0 radical (unpaired) electrons. The molecule has 0 aliphatic heterocycles. The van der Waals surface area contributed by atoms with Crippen LogP contribution in [0.1, 0.15) is 44.4 Å². The molecule has 1 aromatic rings. The molecule has 0 bridgehead atoms. The molecule has 124 valence electrons. The van der Waals surface area contributed by atoms with E-state index in [1.54, 1.807) is 17.9 Å². The number of ether oxygens (including phenoxy) is 1. The molecule has 0 saturated carbocycles. The van der Waals surface area contributed by atoms with Crippen LogP contribution in [0.3, 0.4) is 0 Å². The second-order valence-electron chi connectivity index (χ2n) is 5.39. The Morgan fingerprint density at radius 3 is 2.91 bits per heavy atom. The van der Waals surface area contributed by atoms with Gasteiger partial charge < -0.3 is 10.1 Å². The van der Waals surface area contributed by atoms with Crippen molar-refractivity contribution in [1.29, 1.82) is 0 Å². The molecule has 0 aliphatic carbocycles. The number of nitrogens with zero attached hydrogens (tertiary/aromatic N) is 2. The van der Waals surface area contributed by atoms with E-state index in [1.165, 1.54) is 6.08 Å². The maximum Gasteiger partial charge on any atom is 0.244 e. The third-order valence-electron chi connectivity index (χ3n) is 3.38. The Morgan fingerprint density at radius 1 is 1.55 bits per heavy atom. The molecule has 1 heterocycles. The maximum atomic E-state index is 11.9. The molecule has 1 unspecified atom stereocenters. The number of carbonyl (C=O) groups excluding carboxylic acids is 1. The van der Waals surface area contributed by atoms with Gasteiger partial charge in [0.05, 0.1) is 5.69 Å². The molecular weight excluding hydrogens is 302 g/mol. The van der Waals surface area contributed by atoms with Crippen LogP contribution in [0.5, 0.6) is 0 Å². The molecule has 1 amide bonds. The van der Waals surface area contributed by atoms with E-state index < -0.39 is 0 Å². The molecule has 1 N–H and O–H groups in total. The fraction of sp³-hybridized carbons (Fsp3) is 0.625. The summed E-state index contributed by atoms with van der Waals surface area (Å²) >= 11 is 6.32. The van der Waals surface area contributed by atoms with E-state index >= 15 is 0 Å². The van der Waals surface area contributed by atoms with Crippen LogP contribution in [0.15, 0.2) is 6.08 Å². The summed E-state index contributed by atoms with van der Waals surface area (Å²) in [4.78, 5) is 11.9. The normalized spacial score (nSPS) is 12.8. The van der Waals surface area contributed by atoms with E-state index in [2.05, 4.69) is 17.3 Å². The number of hydrogen-bond donors (Lipinski definition) is 1. The van der Waals surface area contributed by atoms with Gasteiger partial charge in [0.25, 0.3) is 0 Å². The van der Waals surface area contributed by atoms with Crippen LogP contribution >= 0.6 is 11.6 Å². The van der Waals surface area contributed by atoms with Gasteiger partial charge >= 0.3 is 0 Å². The molecule has 1 aromatic heterocycles. The van der Waals surface area contributed by atoms with Crippen LogP contribution < -0.4 is 5.32 Å². The summed E-state index contributed by atoms with van der Waals surface area (Å²) in [7, 11) is 1.65. The smallest absolute Gasteiger partial charge is 0.244 e. The molecule has 0 aromatic carbocycles. The van der Waals surface area contributed by atoms with Gasteiger partial charge in [-0.25, -0.2) is 0 Å². The molecule has 22 heavy (non-hydrogen) atoms. The lowest BCUT2D eigenvalue weighted by atomic mass is 10.2. The molecule has 0 aliphatic rings. The first-order valence-electron chi connectivity index (χ1n) is 7.70.